The lowest BCUT2D eigenvalue weighted by Crippen LogP contribution is -2.03. The Hall–Kier alpha value is -0.720. The second kappa shape index (κ2) is 16.3. The topological polar surface area (TPSA) is 12.0 Å². The van der Waals surface area contributed by atoms with E-state index in [9.17, 15) is 0 Å². The van der Waals surface area contributed by atoms with Gasteiger partial charge in [-0.2, -0.15) is 0 Å². The Kier molecular flexibility index (Phi) is 15.7. The summed E-state index contributed by atoms with van der Waals surface area (Å²) in [6, 6.07) is 0. The van der Waals surface area contributed by atoms with Gasteiger partial charge in [0.1, 0.15) is 0 Å². The summed E-state index contributed by atoms with van der Waals surface area (Å²) in [4.78, 5) is 0. The van der Waals surface area contributed by atoms with Gasteiger partial charge in [0, 0.05) is 12.7 Å². The minimum absolute atomic E-state index is 1.14. The van der Waals surface area contributed by atoms with E-state index in [2.05, 4.69) is 18.5 Å². The van der Waals surface area contributed by atoms with Gasteiger partial charge in [0.25, 0.3) is 0 Å². The Morgan fingerprint density at radius 3 is 1.55 bits per heavy atom. The highest BCUT2D eigenvalue weighted by molar-refractivity contribution is 4.88. The molecule has 0 saturated heterocycles. The van der Waals surface area contributed by atoms with E-state index in [-0.39, 0.29) is 0 Å². The maximum Gasteiger partial charge on any atom is 0.00310 e. The van der Waals surface area contributed by atoms with Crippen molar-refractivity contribution in [3.05, 3.63) is 24.9 Å². The summed E-state index contributed by atoms with van der Waals surface area (Å²) < 4.78 is 0. The van der Waals surface area contributed by atoms with E-state index in [0.29, 0.717) is 0 Å². The molecule has 0 aliphatic carbocycles. The average molecular weight is 280 g/mol. The van der Waals surface area contributed by atoms with Crippen molar-refractivity contribution in [1.82, 2.24) is 5.32 Å². The summed E-state index contributed by atoms with van der Waals surface area (Å²) in [6.07, 6.45) is 21.2. The van der Waals surface area contributed by atoms with E-state index in [4.69, 9.17) is 0 Å². The van der Waals surface area contributed by atoms with E-state index in [1.54, 1.807) is 0 Å². The van der Waals surface area contributed by atoms with Crippen LogP contribution in [0.1, 0.15) is 89.9 Å². The van der Waals surface area contributed by atoms with Gasteiger partial charge in [0.2, 0.25) is 0 Å². The summed E-state index contributed by atoms with van der Waals surface area (Å²) in [5.74, 6) is 0. The molecule has 0 unspecified atom stereocenters. The Labute approximate surface area is 127 Å². The van der Waals surface area contributed by atoms with E-state index in [1.165, 1.54) is 89.2 Å². The van der Waals surface area contributed by atoms with E-state index >= 15 is 0 Å². The highest BCUT2D eigenvalue weighted by Gasteiger charge is 1.94. The lowest BCUT2D eigenvalue weighted by atomic mass is 10.0. The van der Waals surface area contributed by atoms with Gasteiger partial charge in [0.05, 0.1) is 0 Å². The fraction of sp³-hybridized carbons (Fsp3) is 0.789. The van der Waals surface area contributed by atoms with Crippen LogP contribution in [0.25, 0.3) is 0 Å². The van der Waals surface area contributed by atoms with Crippen molar-refractivity contribution in [2.45, 2.75) is 89.9 Å². The second-order valence-corrected chi connectivity index (χ2v) is 5.92. The molecule has 0 aliphatic heterocycles. The molecule has 0 aromatic heterocycles. The molecular weight excluding hydrogens is 242 g/mol. The molecule has 0 atom stereocenters. The first-order chi connectivity index (χ1) is 9.81. The van der Waals surface area contributed by atoms with Gasteiger partial charge in [-0.1, -0.05) is 76.9 Å². The summed E-state index contributed by atoms with van der Waals surface area (Å²) in [7, 11) is 1.96. The first kappa shape index (κ1) is 19.3. The molecule has 0 aromatic carbocycles. The molecule has 1 nitrogen and oxygen atoms in total. The number of hydrogen-bond donors (Lipinski definition) is 1. The molecule has 1 heteroatoms. The quantitative estimate of drug-likeness (QED) is 0.256. The van der Waals surface area contributed by atoms with Crippen LogP contribution in [0.4, 0.5) is 0 Å². The Balaban J connectivity index is 2.99. The van der Waals surface area contributed by atoms with Gasteiger partial charge in [-0.3, -0.25) is 0 Å². The molecule has 0 rings (SSSR count). The van der Waals surface area contributed by atoms with Gasteiger partial charge >= 0.3 is 0 Å². The van der Waals surface area contributed by atoms with Crippen molar-refractivity contribution in [2.75, 3.05) is 7.05 Å². The maximum atomic E-state index is 3.96. The van der Waals surface area contributed by atoms with Crippen molar-refractivity contribution in [3.63, 3.8) is 0 Å². The molecule has 0 bridgehead atoms. The monoisotopic (exact) mass is 279 g/mol. The Bertz CT molecular complexity index is 220. The van der Waals surface area contributed by atoms with Crippen LogP contribution < -0.4 is 5.32 Å². The van der Waals surface area contributed by atoms with Crippen molar-refractivity contribution in [3.8, 4) is 0 Å². The largest absolute Gasteiger partial charge is 0.392 e. The highest BCUT2D eigenvalue weighted by atomic mass is 14.8. The first-order valence-corrected chi connectivity index (χ1v) is 8.77. The Morgan fingerprint density at radius 1 is 0.750 bits per heavy atom. The lowest BCUT2D eigenvalue weighted by Gasteiger charge is -2.05. The predicted octanol–water partition coefficient (Wildman–Crippen LogP) is 6.37. The maximum absolute atomic E-state index is 3.96. The normalized spacial score (nSPS) is 10.4. The summed E-state index contributed by atoms with van der Waals surface area (Å²) >= 11 is 0. The van der Waals surface area contributed by atoms with E-state index < -0.39 is 0 Å². The fourth-order valence-electron chi connectivity index (χ4n) is 2.52. The molecule has 0 heterocycles. The zero-order valence-electron chi connectivity index (χ0n) is 13.9. The number of nitrogens with one attached hydrogen (secondary N) is 1. The molecular formula is C19H37N. The van der Waals surface area contributed by atoms with Gasteiger partial charge < -0.3 is 5.32 Å². The number of rotatable bonds is 16. The van der Waals surface area contributed by atoms with Crippen LogP contribution in [0.15, 0.2) is 24.9 Å². The summed E-state index contributed by atoms with van der Waals surface area (Å²) in [5, 5.41) is 3.11. The molecule has 1 N–H and O–H groups in total. The second-order valence-electron chi connectivity index (χ2n) is 5.92. The predicted molar refractivity (Wildman–Crippen MR) is 93.0 cm³/mol. The third kappa shape index (κ3) is 15.3. The minimum Gasteiger partial charge on any atom is -0.392 e. The smallest absolute Gasteiger partial charge is 0.00310 e. The van der Waals surface area contributed by atoms with Crippen LogP contribution in [0.3, 0.4) is 0 Å². The van der Waals surface area contributed by atoms with Crippen molar-refractivity contribution >= 4 is 0 Å². The molecule has 20 heavy (non-hydrogen) atoms. The Morgan fingerprint density at radius 2 is 1.15 bits per heavy atom. The minimum atomic E-state index is 1.14. The summed E-state index contributed by atoms with van der Waals surface area (Å²) in [6.45, 7) is 7.72. The third-order valence-corrected chi connectivity index (χ3v) is 3.99. The van der Waals surface area contributed by atoms with Gasteiger partial charge in [-0.25, -0.2) is 0 Å². The standard InChI is InChI=1S/C19H37N/c1-4-5-6-7-8-9-10-11-12-13-14-15-16-17-18-19(2)20-3/h4,20H,1-2,5-18H2,3H3. The SMILES string of the molecule is C=CCCCCCCCCCCCCCCC(=C)NC. The lowest BCUT2D eigenvalue weighted by molar-refractivity contribution is 0.540. The zero-order chi connectivity index (χ0) is 14.9. The zero-order valence-corrected chi connectivity index (χ0v) is 13.9. The molecule has 0 aliphatic rings. The van der Waals surface area contributed by atoms with Crippen LogP contribution in [0, 0.1) is 0 Å². The first-order valence-electron chi connectivity index (χ1n) is 8.77. The van der Waals surface area contributed by atoms with Crippen LogP contribution >= 0.6 is 0 Å². The van der Waals surface area contributed by atoms with Gasteiger partial charge in [-0.15, -0.1) is 6.58 Å². The third-order valence-electron chi connectivity index (χ3n) is 3.99. The number of hydrogen-bond acceptors (Lipinski definition) is 1. The molecule has 118 valence electrons. The summed E-state index contributed by atoms with van der Waals surface area (Å²) in [5.41, 5.74) is 1.18. The molecule has 0 saturated carbocycles. The number of unbranched alkanes of at least 4 members (excludes halogenated alkanes) is 12. The van der Waals surface area contributed by atoms with Crippen LogP contribution in [-0.2, 0) is 0 Å². The van der Waals surface area contributed by atoms with Crippen molar-refractivity contribution in [1.29, 1.82) is 0 Å². The van der Waals surface area contributed by atoms with Gasteiger partial charge in [0.15, 0.2) is 0 Å². The van der Waals surface area contributed by atoms with E-state index in [0.717, 1.165) is 6.42 Å². The van der Waals surface area contributed by atoms with E-state index in [1.807, 2.05) is 13.1 Å². The average Bonchev–Trinajstić information content (AvgIpc) is 2.47. The molecule has 0 aromatic rings. The van der Waals surface area contributed by atoms with Crippen LogP contribution in [0.5, 0.6) is 0 Å². The molecule has 0 amide bonds. The molecule has 0 spiro atoms. The van der Waals surface area contributed by atoms with Gasteiger partial charge in [-0.05, 0) is 25.7 Å². The van der Waals surface area contributed by atoms with Crippen molar-refractivity contribution in [2.24, 2.45) is 0 Å². The molecule has 0 radical (unpaired) electrons. The van der Waals surface area contributed by atoms with Crippen LogP contribution in [-0.4, -0.2) is 7.05 Å². The molecule has 0 fully saturated rings. The van der Waals surface area contributed by atoms with Crippen molar-refractivity contribution < 1.29 is 0 Å². The fourth-order valence-corrected chi connectivity index (χ4v) is 2.52. The highest BCUT2D eigenvalue weighted by Crippen LogP contribution is 2.13. The number of allylic oxidation sites excluding steroid dienone is 2. The van der Waals surface area contributed by atoms with Crippen LogP contribution in [0.2, 0.25) is 0 Å².